The molecule has 1 rings (SSSR count). The zero-order valence-corrected chi connectivity index (χ0v) is 7.31. The second kappa shape index (κ2) is 3.54. The van der Waals surface area contributed by atoms with E-state index >= 15 is 0 Å². The summed E-state index contributed by atoms with van der Waals surface area (Å²) in [6.07, 6.45) is 2.24. The van der Waals surface area contributed by atoms with Crippen LogP contribution in [-0.4, -0.2) is 31.6 Å². The quantitative estimate of drug-likeness (QED) is 0.657. The molecule has 11 heavy (non-hydrogen) atoms. The van der Waals surface area contributed by atoms with E-state index in [9.17, 15) is 8.42 Å². The van der Waals surface area contributed by atoms with Gasteiger partial charge < -0.3 is 5.11 Å². The molecule has 1 aliphatic rings. The van der Waals surface area contributed by atoms with Gasteiger partial charge in [0, 0.05) is 6.61 Å². The molecule has 1 N–H and O–H groups in total. The Hall–Kier alpha value is -0.0900. The Morgan fingerprint density at radius 3 is 2.27 bits per heavy atom. The van der Waals surface area contributed by atoms with Crippen molar-refractivity contribution in [3.8, 4) is 0 Å². The highest BCUT2D eigenvalue weighted by Gasteiger charge is 2.22. The van der Waals surface area contributed by atoms with Crippen molar-refractivity contribution < 1.29 is 13.5 Å². The van der Waals surface area contributed by atoms with E-state index in [1.54, 1.807) is 0 Å². The van der Waals surface area contributed by atoms with Gasteiger partial charge >= 0.3 is 0 Å². The largest absolute Gasteiger partial charge is 0.396 e. The van der Waals surface area contributed by atoms with Crippen molar-refractivity contribution >= 4 is 9.84 Å². The molecular weight excluding hydrogens is 164 g/mol. The Kier molecular flexibility index (Phi) is 2.90. The molecule has 4 heteroatoms. The van der Waals surface area contributed by atoms with Crippen LogP contribution < -0.4 is 0 Å². The maximum Gasteiger partial charge on any atom is 0.150 e. The summed E-state index contributed by atoms with van der Waals surface area (Å²) in [5.74, 6) is 1.07. The van der Waals surface area contributed by atoms with Gasteiger partial charge in [-0.3, -0.25) is 0 Å². The van der Waals surface area contributed by atoms with E-state index in [1.807, 2.05) is 0 Å². The summed E-state index contributed by atoms with van der Waals surface area (Å²) >= 11 is 0. The Morgan fingerprint density at radius 2 is 1.82 bits per heavy atom. The number of sulfone groups is 1. The summed E-state index contributed by atoms with van der Waals surface area (Å²) in [5.41, 5.74) is 0. The van der Waals surface area contributed by atoms with Gasteiger partial charge in [0.05, 0.1) is 11.5 Å². The number of rotatable bonds is 2. The summed E-state index contributed by atoms with van der Waals surface area (Å²) in [5, 5.41) is 8.60. The molecule has 1 heterocycles. The molecule has 0 aromatic rings. The molecule has 0 spiro atoms. The lowest BCUT2D eigenvalue weighted by molar-refractivity contribution is 0.250. The third-order valence-electron chi connectivity index (χ3n) is 2.21. The first kappa shape index (κ1) is 9.00. The lowest BCUT2D eigenvalue weighted by Gasteiger charge is -2.20. The van der Waals surface area contributed by atoms with E-state index in [0.717, 1.165) is 19.3 Å². The zero-order chi connectivity index (χ0) is 8.32. The van der Waals surface area contributed by atoms with Crippen molar-refractivity contribution in [2.24, 2.45) is 5.92 Å². The molecule has 0 unspecified atom stereocenters. The molecular formula is C7H14O3S. The first-order valence-corrected chi connectivity index (χ1v) is 5.77. The highest BCUT2D eigenvalue weighted by molar-refractivity contribution is 7.91. The van der Waals surface area contributed by atoms with Crippen LogP contribution in [0, 0.1) is 5.92 Å². The maximum atomic E-state index is 10.9. The summed E-state index contributed by atoms with van der Waals surface area (Å²) in [6, 6.07) is 0. The topological polar surface area (TPSA) is 54.4 Å². The molecule has 0 radical (unpaired) electrons. The van der Waals surface area contributed by atoms with Crippen molar-refractivity contribution in [2.45, 2.75) is 19.3 Å². The third-order valence-corrected chi connectivity index (χ3v) is 3.93. The fraction of sp³-hybridized carbons (Fsp3) is 1.00. The Bertz CT molecular complexity index is 194. The van der Waals surface area contributed by atoms with Gasteiger partial charge in [0.25, 0.3) is 0 Å². The molecule has 1 fully saturated rings. The van der Waals surface area contributed by atoms with E-state index in [-0.39, 0.29) is 6.61 Å². The Balaban J connectivity index is 2.36. The first-order chi connectivity index (χ1) is 5.14. The predicted molar refractivity (Wildman–Crippen MR) is 43.1 cm³/mol. The van der Waals surface area contributed by atoms with E-state index in [1.165, 1.54) is 0 Å². The molecule has 1 aliphatic heterocycles. The normalized spacial score (nSPS) is 25.2. The fourth-order valence-corrected chi connectivity index (χ4v) is 3.00. The van der Waals surface area contributed by atoms with Crippen LogP contribution in [0.1, 0.15) is 19.3 Å². The fourth-order valence-electron chi connectivity index (χ4n) is 1.41. The van der Waals surface area contributed by atoms with Crippen molar-refractivity contribution in [2.75, 3.05) is 18.1 Å². The average molecular weight is 178 g/mol. The average Bonchev–Trinajstić information content (AvgIpc) is 1.94. The van der Waals surface area contributed by atoms with Crippen LogP contribution in [0.2, 0.25) is 0 Å². The van der Waals surface area contributed by atoms with E-state index in [4.69, 9.17) is 5.11 Å². The van der Waals surface area contributed by atoms with Gasteiger partial charge in [0.15, 0.2) is 0 Å². The highest BCUT2D eigenvalue weighted by atomic mass is 32.2. The molecule has 0 aliphatic carbocycles. The SMILES string of the molecule is O=S1(=O)CCC(CCO)CC1. The van der Waals surface area contributed by atoms with Crippen molar-refractivity contribution in [1.29, 1.82) is 0 Å². The Labute approximate surface area is 67.3 Å². The molecule has 66 valence electrons. The lowest BCUT2D eigenvalue weighted by Crippen LogP contribution is -2.23. The van der Waals surface area contributed by atoms with Gasteiger partial charge in [0.1, 0.15) is 9.84 Å². The van der Waals surface area contributed by atoms with Crippen LogP contribution >= 0.6 is 0 Å². The second-order valence-electron chi connectivity index (χ2n) is 3.11. The molecule has 0 atom stereocenters. The van der Waals surface area contributed by atoms with Crippen LogP contribution in [0.25, 0.3) is 0 Å². The molecule has 1 saturated heterocycles. The summed E-state index contributed by atoms with van der Waals surface area (Å²) in [6.45, 7) is 0.185. The van der Waals surface area contributed by atoms with Gasteiger partial charge in [-0.25, -0.2) is 8.42 Å². The number of hydrogen-bond donors (Lipinski definition) is 1. The van der Waals surface area contributed by atoms with E-state index in [2.05, 4.69) is 0 Å². The number of aliphatic hydroxyl groups excluding tert-OH is 1. The van der Waals surface area contributed by atoms with Crippen LogP contribution in [-0.2, 0) is 9.84 Å². The minimum Gasteiger partial charge on any atom is -0.396 e. The maximum absolute atomic E-state index is 10.9. The summed E-state index contributed by atoms with van der Waals surface area (Å²) in [4.78, 5) is 0. The van der Waals surface area contributed by atoms with Crippen LogP contribution in [0.5, 0.6) is 0 Å². The molecule has 0 aromatic carbocycles. The van der Waals surface area contributed by atoms with Crippen molar-refractivity contribution in [3.63, 3.8) is 0 Å². The lowest BCUT2D eigenvalue weighted by atomic mass is 10.00. The van der Waals surface area contributed by atoms with Crippen LogP contribution in [0.4, 0.5) is 0 Å². The predicted octanol–water partition coefficient (Wildman–Crippen LogP) is 0.194. The monoisotopic (exact) mass is 178 g/mol. The molecule has 0 aromatic heterocycles. The molecule has 0 saturated carbocycles. The standard InChI is InChI=1S/C7H14O3S/c8-4-1-7-2-5-11(9,10)6-3-7/h7-8H,1-6H2. The molecule has 0 amide bonds. The minimum absolute atomic E-state index is 0.185. The smallest absolute Gasteiger partial charge is 0.150 e. The van der Waals surface area contributed by atoms with Gasteiger partial charge in [-0.15, -0.1) is 0 Å². The zero-order valence-electron chi connectivity index (χ0n) is 6.49. The van der Waals surface area contributed by atoms with E-state index in [0.29, 0.717) is 17.4 Å². The van der Waals surface area contributed by atoms with Gasteiger partial charge in [0.2, 0.25) is 0 Å². The van der Waals surface area contributed by atoms with Crippen LogP contribution in [0.15, 0.2) is 0 Å². The first-order valence-electron chi connectivity index (χ1n) is 3.95. The number of hydrogen-bond acceptors (Lipinski definition) is 3. The Morgan fingerprint density at radius 1 is 1.27 bits per heavy atom. The molecule has 3 nitrogen and oxygen atoms in total. The number of aliphatic hydroxyl groups is 1. The van der Waals surface area contributed by atoms with Gasteiger partial charge in [-0.2, -0.15) is 0 Å². The highest BCUT2D eigenvalue weighted by Crippen LogP contribution is 2.21. The second-order valence-corrected chi connectivity index (χ2v) is 5.41. The summed E-state index contributed by atoms with van der Waals surface area (Å²) in [7, 11) is -2.72. The molecule has 0 bridgehead atoms. The van der Waals surface area contributed by atoms with Crippen LogP contribution in [0.3, 0.4) is 0 Å². The minimum atomic E-state index is -2.72. The van der Waals surface area contributed by atoms with Crippen molar-refractivity contribution in [3.05, 3.63) is 0 Å². The van der Waals surface area contributed by atoms with Crippen molar-refractivity contribution in [1.82, 2.24) is 0 Å². The van der Waals surface area contributed by atoms with Gasteiger partial charge in [-0.1, -0.05) is 0 Å². The van der Waals surface area contributed by atoms with E-state index < -0.39 is 9.84 Å². The summed E-state index contributed by atoms with van der Waals surface area (Å²) < 4.78 is 21.9. The third kappa shape index (κ3) is 2.79. The van der Waals surface area contributed by atoms with Gasteiger partial charge in [-0.05, 0) is 25.2 Å².